The number of benzene rings is 2. The van der Waals surface area contributed by atoms with Crippen LogP contribution in [-0.4, -0.2) is 11.9 Å². The van der Waals surface area contributed by atoms with E-state index in [1.165, 1.54) is 0 Å². The highest BCUT2D eigenvalue weighted by Gasteiger charge is 2.01. The van der Waals surface area contributed by atoms with Gasteiger partial charge in [0.05, 0.1) is 0 Å². The summed E-state index contributed by atoms with van der Waals surface area (Å²) in [5.41, 5.74) is 0. The second kappa shape index (κ2) is 11.0. The van der Waals surface area contributed by atoms with Crippen LogP contribution < -0.4 is 9.47 Å². The normalized spacial score (nSPS) is 9.30. The largest absolute Gasteiger partial charge is 0.427 e. The van der Waals surface area contributed by atoms with Gasteiger partial charge in [-0.25, -0.2) is 0 Å². The van der Waals surface area contributed by atoms with E-state index >= 15 is 0 Å². The molecule has 0 heterocycles. The molecule has 0 saturated heterocycles. The molecule has 0 aliphatic heterocycles. The fourth-order valence-corrected chi connectivity index (χ4v) is 1.57. The molecule has 0 spiro atoms. The summed E-state index contributed by atoms with van der Waals surface area (Å²) in [7, 11) is 0. The van der Waals surface area contributed by atoms with E-state index in [1.807, 2.05) is 43.3 Å². The number of carbonyl (C=O) groups excluding carboxylic acids is 2. The van der Waals surface area contributed by atoms with Gasteiger partial charge in [0.25, 0.3) is 0 Å². The third kappa shape index (κ3) is 8.41. The highest BCUT2D eigenvalue weighted by atomic mass is 16.5. The lowest BCUT2D eigenvalue weighted by molar-refractivity contribution is -0.135. The fourth-order valence-electron chi connectivity index (χ4n) is 1.57. The minimum absolute atomic E-state index is 0.163. The first-order valence-electron chi connectivity index (χ1n) is 7.67. The number of esters is 2. The number of rotatable bonds is 5. The summed E-state index contributed by atoms with van der Waals surface area (Å²) in [6, 6.07) is 18.2. The summed E-state index contributed by atoms with van der Waals surface area (Å²) < 4.78 is 9.94. The summed E-state index contributed by atoms with van der Waals surface area (Å²) in [5.74, 6) is 0.871. The predicted molar refractivity (Wildman–Crippen MR) is 89.4 cm³/mol. The molecule has 0 amide bonds. The highest BCUT2D eigenvalue weighted by molar-refractivity contribution is 5.72. The first-order valence-corrected chi connectivity index (χ1v) is 7.67. The molecule has 0 atom stereocenters. The molecule has 0 radical (unpaired) electrons. The van der Waals surface area contributed by atoms with Gasteiger partial charge in [-0.2, -0.15) is 0 Å². The van der Waals surface area contributed by atoms with Crippen molar-refractivity contribution < 1.29 is 19.1 Å². The Balaban J connectivity index is 0.000000231. The van der Waals surface area contributed by atoms with Gasteiger partial charge in [-0.1, -0.05) is 50.2 Å². The number of carbonyl (C=O) groups is 2. The summed E-state index contributed by atoms with van der Waals surface area (Å²) in [5, 5.41) is 0. The Morgan fingerprint density at radius 2 is 1.17 bits per heavy atom. The second-order valence-electron chi connectivity index (χ2n) is 4.68. The van der Waals surface area contributed by atoms with Gasteiger partial charge in [-0.05, 0) is 30.7 Å². The summed E-state index contributed by atoms with van der Waals surface area (Å²) in [6.45, 7) is 3.72. The molecule has 4 nitrogen and oxygen atoms in total. The average molecular weight is 314 g/mol. The lowest BCUT2D eigenvalue weighted by Gasteiger charge is -2.01. The van der Waals surface area contributed by atoms with Crippen LogP contribution in [0.15, 0.2) is 60.7 Å². The second-order valence-corrected chi connectivity index (χ2v) is 4.68. The van der Waals surface area contributed by atoms with Crippen molar-refractivity contribution in [2.75, 3.05) is 0 Å². The number of hydrogen-bond acceptors (Lipinski definition) is 4. The average Bonchev–Trinajstić information content (AvgIpc) is 2.57. The van der Waals surface area contributed by atoms with Crippen molar-refractivity contribution in [3.05, 3.63) is 60.7 Å². The molecule has 0 aromatic heterocycles. The maximum Gasteiger partial charge on any atom is 0.311 e. The van der Waals surface area contributed by atoms with E-state index in [4.69, 9.17) is 9.47 Å². The van der Waals surface area contributed by atoms with E-state index in [1.54, 1.807) is 31.2 Å². The Hall–Kier alpha value is -2.62. The van der Waals surface area contributed by atoms with Gasteiger partial charge in [0.2, 0.25) is 0 Å². The molecule has 2 aromatic carbocycles. The van der Waals surface area contributed by atoms with Crippen LogP contribution in [0.1, 0.15) is 33.1 Å². The maximum atomic E-state index is 11.0. The van der Waals surface area contributed by atoms with E-state index in [0.29, 0.717) is 24.3 Å². The quantitative estimate of drug-likeness (QED) is 0.606. The molecular weight excluding hydrogens is 292 g/mol. The minimum Gasteiger partial charge on any atom is -0.427 e. The Kier molecular flexibility index (Phi) is 8.83. The van der Waals surface area contributed by atoms with Crippen molar-refractivity contribution in [2.24, 2.45) is 0 Å². The zero-order valence-electron chi connectivity index (χ0n) is 13.5. The topological polar surface area (TPSA) is 52.6 Å². The smallest absolute Gasteiger partial charge is 0.311 e. The van der Waals surface area contributed by atoms with E-state index in [0.717, 1.165) is 6.42 Å². The molecule has 122 valence electrons. The van der Waals surface area contributed by atoms with Crippen LogP contribution in [0.5, 0.6) is 11.5 Å². The van der Waals surface area contributed by atoms with Gasteiger partial charge in [-0.15, -0.1) is 0 Å². The number of hydrogen-bond donors (Lipinski definition) is 0. The Morgan fingerprint density at radius 1 is 0.739 bits per heavy atom. The predicted octanol–water partition coefficient (Wildman–Crippen LogP) is 4.39. The zero-order valence-corrected chi connectivity index (χ0v) is 13.5. The molecule has 2 rings (SSSR count). The van der Waals surface area contributed by atoms with E-state index < -0.39 is 0 Å². The molecule has 0 N–H and O–H groups in total. The molecule has 0 aliphatic carbocycles. The standard InChI is InChI=1S/C10H12O2.C9H10O2/c1-2-6-10(11)12-9-7-4-3-5-8-9;1-2-9(10)11-8-6-4-3-5-7-8/h3-5,7-8H,2,6H2,1H3;3-7H,2H2,1H3. The Labute approximate surface area is 137 Å². The fraction of sp³-hybridized carbons (Fsp3) is 0.263. The van der Waals surface area contributed by atoms with Crippen LogP contribution in [0.2, 0.25) is 0 Å². The SMILES string of the molecule is CCC(=O)Oc1ccccc1.CCCC(=O)Oc1ccccc1. The summed E-state index contributed by atoms with van der Waals surface area (Å²) >= 11 is 0. The van der Waals surface area contributed by atoms with Gasteiger partial charge in [0, 0.05) is 12.8 Å². The van der Waals surface area contributed by atoms with Gasteiger partial charge in [0.1, 0.15) is 11.5 Å². The summed E-state index contributed by atoms with van der Waals surface area (Å²) in [6.07, 6.45) is 1.72. The van der Waals surface area contributed by atoms with Gasteiger partial charge in [-0.3, -0.25) is 9.59 Å². The van der Waals surface area contributed by atoms with Crippen molar-refractivity contribution in [3.63, 3.8) is 0 Å². The Bertz CT molecular complexity index is 579. The van der Waals surface area contributed by atoms with Crippen LogP contribution in [-0.2, 0) is 9.59 Å². The number of ether oxygens (including phenoxy) is 2. The molecule has 4 heteroatoms. The minimum atomic E-state index is -0.198. The molecule has 0 fully saturated rings. The van der Waals surface area contributed by atoms with Crippen LogP contribution in [0.4, 0.5) is 0 Å². The third-order valence-electron chi connectivity index (χ3n) is 2.69. The van der Waals surface area contributed by atoms with E-state index in [-0.39, 0.29) is 11.9 Å². The van der Waals surface area contributed by atoms with Gasteiger partial charge in [0.15, 0.2) is 0 Å². The first-order chi connectivity index (χ1) is 11.2. The Morgan fingerprint density at radius 3 is 1.57 bits per heavy atom. The van der Waals surface area contributed by atoms with Crippen molar-refractivity contribution >= 4 is 11.9 Å². The van der Waals surface area contributed by atoms with Crippen LogP contribution in [0, 0.1) is 0 Å². The summed E-state index contributed by atoms with van der Waals surface area (Å²) in [4.78, 5) is 21.7. The molecule has 0 aliphatic rings. The molecule has 23 heavy (non-hydrogen) atoms. The van der Waals surface area contributed by atoms with Crippen LogP contribution >= 0.6 is 0 Å². The first kappa shape index (κ1) is 18.4. The zero-order chi connectivity index (χ0) is 16.9. The highest BCUT2D eigenvalue weighted by Crippen LogP contribution is 2.09. The molecule has 0 unspecified atom stereocenters. The van der Waals surface area contributed by atoms with E-state index in [2.05, 4.69) is 0 Å². The van der Waals surface area contributed by atoms with Gasteiger partial charge >= 0.3 is 11.9 Å². The van der Waals surface area contributed by atoms with Crippen molar-refractivity contribution in [3.8, 4) is 11.5 Å². The third-order valence-corrected chi connectivity index (χ3v) is 2.69. The maximum absolute atomic E-state index is 11.0. The van der Waals surface area contributed by atoms with Crippen molar-refractivity contribution in [1.29, 1.82) is 0 Å². The molecule has 2 aromatic rings. The molecule has 0 saturated carbocycles. The van der Waals surface area contributed by atoms with Crippen LogP contribution in [0.3, 0.4) is 0 Å². The van der Waals surface area contributed by atoms with Crippen molar-refractivity contribution in [1.82, 2.24) is 0 Å². The number of para-hydroxylation sites is 2. The molecule has 0 bridgehead atoms. The lowest BCUT2D eigenvalue weighted by Crippen LogP contribution is -2.06. The monoisotopic (exact) mass is 314 g/mol. The van der Waals surface area contributed by atoms with Gasteiger partial charge < -0.3 is 9.47 Å². The van der Waals surface area contributed by atoms with Crippen molar-refractivity contribution in [2.45, 2.75) is 33.1 Å². The van der Waals surface area contributed by atoms with Crippen LogP contribution in [0.25, 0.3) is 0 Å². The van der Waals surface area contributed by atoms with E-state index in [9.17, 15) is 9.59 Å². The lowest BCUT2D eigenvalue weighted by atomic mass is 10.3. The molecular formula is C19H22O4.